The maximum atomic E-state index is 12.4. The van der Waals surface area contributed by atoms with Crippen LogP contribution in [0.5, 0.6) is 17.4 Å². The summed E-state index contributed by atoms with van der Waals surface area (Å²) in [4.78, 5) is 28.2. The molecule has 1 aromatic carbocycles. The van der Waals surface area contributed by atoms with Crippen LogP contribution in [-0.2, 0) is 0 Å². The highest BCUT2D eigenvalue weighted by Gasteiger charge is 2.29. The van der Waals surface area contributed by atoms with Gasteiger partial charge in [0.1, 0.15) is 5.56 Å². The third-order valence-corrected chi connectivity index (χ3v) is 3.86. The Balaban J connectivity index is 2.02. The Bertz CT molecular complexity index is 906. The van der Waals surface area contributed by atoms with Gasteiger partial charge in [0.2, 0.25) is 5.88 Å². The van der Waals surface area contributed by atoms with Crippen LogP contribution in [-0.4, -0.2) is 43.3 Å². The lowest BCUT2D eigenvalue weighted by atomic mass is 10.2. The molecule has 0 fully saturated rings. The first-order chi connectivity index (χ1) is 14.7. The van der Waals surface area contributed by atoms with E-state index in [1.165, 1.54) is 37.6 Å². The number of rotatable bonds is 9. The average molecular weight is 441 g/mol. The van der Waals surface area contributed by atoms with Crippen molar-refractivity contribution in [2.45, 2.75) is 25.9 Å². The van der Waals surface area contributed by atoms with E-state index in [0.29, 0.717) is 18.1 Å². The Morgan fingerprint density at radius 3 is 2.48 bits per heavy atom. The highest BCUT2D eigenvalue weighted by atomic mass is 19.4. The van der Waals surface area contributed by atoms with E-state index in [0.717, 1.165) is 12.8 Å². The minimum atomic E-state index is -4.59. The molecule has 8 nitrogen and oxygen atoms in total. The van der Waals surface area contributed by atoms with Gasteiger partial charge in [-0.1, -0.05) is 13.3 Å². The van der Waals surface area contributed by atoms with Crippen molar-refractivity contribution in [3.63, 3.8) is 0 Å². The molecule has 2 amide bonds. The molecule has 11 heteroatoms. The van der Waals surface area contributed by atoms with E-state index in [2.05, 4.69) is 20.6 Å². The van der Waals surface area contributed by atoms with Crippen molar-refractivity contribution in [3.8, 4) is 17.4 Å². The van der Waals surface area contributed by atoms with E-state index in [1.807, 2.05) is 6.92 Å². The van der Waals surface area contributed by atoms with Crippen molar-refractivity contribution in [3.05, 3.63) is 47.7 Å². The van der Waals surface area contributed by atoms with Crippen molar-refractivity contribution < 1.29 is 37.0 Å². The number of aromatic nitrogens is 1. The lowest BCUT2D eigenvalue weighted by Gasteiger charge is -2.13. The molecular formula is C20H22F3N3O5. The topological polar surface area (TPSA) is 98.8 Å². The highest BCUT2D eigenvalue weighted by molar-refractivity contribution is 6.00. The molecule has 0 aliphatic carbocycles. The second kappa shape index (κ2) is 11.0. The summed E-state index contributed by atoms with van der Waals surface area (Å²) >= 11 is 0. The molecule has 2 rings (SSSR count). The summed E-state index contributed by atoms with van der Waals surface area (Å²) in [5, 5.41) is 0. The van der Waals surface area contributed by atoms with Gasteiger partial charge in [-0.15, -0.1) is 0 Å². The van der Waals surface area contributed by atoms with Crippen molar-refractivity contribution in [1.82, 2.24) is 15.8 Å². The Hall–Kier alpha value is -3.50. The van der Waals surface area contributed by atoms with Crippen molar-refractivity contribution in [2.24, 2.45) is 0 Å². The molecule has 0 bridgehead atoms. The molecule has 31 heavy (non-hydrogen) atoms. The number of halogens is 3. The first kappa shape index (κ1) is 23.8. The van der Waals surface area contributed by atoms with Crippen LogP contribution in [0.3, 0.4) is 0 Å². The highest BCUT2D eigenvalue weighted by Crippen LogP contribution is 2.28. The predicted molar refractivity (Wildman–Crippen MR) is 104 cm³/mol. The number of pyridine rings is 1. The summed E-state index contributed by atoms with van der Waals surface area (Å²) in [6, 6.07) is 7.04. The number of ether oxygens (including phenoxy) is 3. The number of nitrogens with zero attached hydrogens (tertiary/aromatic N) is 1. The number of hydrazine groups is 1. The Kier molecular flexibility index (Phi) is 8.47. The smallest absolute Gasteiger partial charge is 0.422 e. The van der Waals surface area contributed by atoms with Gasteiger partial charge in [0.25, 0.3) is 11.8 Å². The lowest BCUT2D eigenvalue weighted by molar-refractivity contribution is -0.154. The summed E-state index contributed by atoms with van der Waals surface area (Å²) in [5.74, 6) is -1.27. The van der Waals surface area contributed by atoms with Gasteiger partial charge >= 0.3 is 6.18 Å². The second-order valence-corrected chi connectivity index (χ2v) is 6.24. The Labute approximate surface area is 176 Å². The van der Waals surface area contributed by atoms with Crippen LogP contribution in [0.25, 0.3) is 0 Å². The summed E-state index contributed by atoms with van der Waals surface area (Å²) < 4.78 is 52.5. The number of benzene rings is 1. The molecule has 0 spiro atoms. The first-order valence-corrected chi connectivity index (χ1v) is 9.31. The number of nitrogens with one attached hydrogen (secondary N) is 2. The van der Waals surface area contributed by atoms with E-state index in [4.69, 9.17) is 9.47 Å². The van der Waals surface area contributed by atoms with Crippen LogP contribution < -0.4 is 25.1 Å². The van der Waals surface area contributed by atoms with Crippen molar-refractivity contribution >= 4 is 11.8 Å². The summed E-state index contributed by atoms with van der Waals surface area (Å²) in [6.45, 7) is 0.917. The molecule has 0 saturated carbocycles. The lowest BCUT2D eigenvalue weighted by Crippen LogP contribution is -2.41. The molecule has 168 valence electrons. The molecule has 1 aromatic heterocycles. The minimum absolute atomic E-state index is 0.166. The molecule has 0 atom stereocenters. The molecule has 0 saturated heterocycles. The van der Waals surface area contributed by atoms with Crippen molar-refractivity contribution in [1.29, 1.82) is 0 Å². The Morgan fingerprint density at radius 2 is 1.81 bits per heavy atom. The Morgan fingerprint density at radius 1 is 1.06 bits per heavy atom. The normalized spacial score (nSPS) is 10.9. The number of amides is 2. The average Bonchev–Trinajstić information content (AvgIpc) is 2.75. The molecular weight excluding hydrogens is 419 g/mol. The third-order valence-electron chi connectivity index (χ3n) is 3.86. The van der Waals surface area contributed by atoms with Crippen LogP contribution in [0, 0.1) is 0 Å². The quantitative estimate of drug-likeness (QED) is 0.458. The van der Waals surface area contributed by atoms with Crippen LogP contribution in [0.15, 0.2) is 36.5 Å². The van der Waals surface area contributed by atoms with E-state index >= 15 is 0 Å². The molecule has 0 radical (unpaired) electrons. The predicted octanol–water partition coefficient (Wildman–Crippen LogP) is 3.29. The number of unbranched alkanes of at least 4 members (excludes halogenated alkanes) is 1. The van der Waals surface area contributed by atoms with Gasteiger partial charge in [0, 0.05) is 11.8 Å². The van der Waals surface area contributed by atoms with Crippen LogP contribution in [0.2, 0.25) is 0 Å². The zero-order valence-electron chi connectivity index (χ0n) is 16.9. The number of alkyl halides is 3. The zero-order valence-corrected chi connectivity index (χ0v) is 16.9. The summed E-state index contributed by atoms with van der Waals surface area (Å²) in [7, 11) is 1.43. The largest absolute Gasteiger partial charge is 0.493 e. The minimum Gasteiger partial charge on any atom is -0.493 e. The van der Waals surface area contributed by atoms with Gasteiger partial charge in [0.15, 0.2) is 18.1 Å². The maximum absolute atomic E-state index is 12.4. The fourth-order valence-electron chi connectivity index (χ4n) is 2.34. The number of hydrogen-bond donors (Lipinski definition) is 2. The molecule has 2 aromatic rings. The van der Waals surface area contributed by atoms with Gasteiger partial charge in [0.05, 0.1) is 13.7 Å². The maximum Gasteiger partial charge on any atom is 0.422 e. The standard InChI is InChI=1S/C20H22F3N3O5/c1-3-4-10-30-15-8-7-13(11-16(15)29-2)17(27)25-26-18(28)14-6-5-9-24-19(14)31-12-20(21,22)23/h5-9,11H,3-4,10,12H2,1-2H3,(H,25,27)(H,26,28). The fourth-order valence-corrected chi connectivity index (χ4v) is 2.34. The third kappa shape index (κ3) is 7.36. The van der Waals surface area contributed by atoms with Gasteiger partial charge in [-0.3, -0.25) is 20.4 Å². The van der Waals surface area contributed by atoms with E-state index in [-0.39, 0.29) is 11.1 Å². The molecule has 0 aliphatic rings. The second-order valence-electron chi connectivity index (χ2n) is 6.24. The number of carbonyl (C=O) groups is 2. The van der Waals surface area contributed by atoms with Crippen LogP contribution >= 0.6 is 0 Å². The molecule has 2 N–H and O–H groups in total. The van der Waals surface area contributed by atoms with Crippen molar-refractivity contribution in [2.75, 3.05) is 20.3 Å². The van der Waals surface area contributed by atoms with Gasteiger partial charge in [-0.05, 0) is 36.8 Å². The van der Waals surface area contributed by atoms with E-state index in [9.17, 15) is 22.8 Å². The van der Waals surface area contributed by atoms with Gasteiger partial charge in [-0.25, -0.2) is 4.98 Å². The number of carbonyl (C=O) groups excluding carboxylic acids is 2. The van der Waals surface area contributed by atoms with E-state index < -0.39 is 30.5 Å². The van der Waals surface area contributed by atoms with Gasteiger partial charge < -0.3 is 14.2 Å². The van der Waals surface area contributed by atoms with Crippen LogP contribution in [0.4, 0.5) is 13.2 Å². The fraction of sp³-hybridized carbons (Fsp3) is 0.350. The molecule has 0 unspecified atom stereocenters. The summed E-state index contributed by atoms with van der Waals surface area (Å²) in [6.07, 6.45) is -1.59. The summed E-state index contributed by atoms with van der Waals surface area (Å²) in [5.41, 5.74) is 4.19. The first-order valence-electron chi connectivity index (χ1n) is 9.31. The van der Waals surface area contributed by atoms with E-state index in [1.54, 1.807) is 6.07 Å². The molecule has 1 heterocycles. The molecule has 0 aliphatic heterocycles. The monoisotopic (exact) mass is 441 g/mol. The number of hydrogen-bond acceptors (Lipinski definition) is 6. The van der Waals surface area contributed by atoms with Crippen LogP contribution in [0.1, 0.15) is 40.5 Å². The SMILES string of the molecule is CCCCOc1ccc(C(=O)NNC(=O)c2cccnc2OCC(F)(F)F)cc1OC. The number of methoxy groups -OCH3 is 1. The zero-order chi connectivity index (χ0) is 22.9. The van der Waals surface area contributed by atoms with Gasteiger partial charge in [-0.2, -0.15) is 13.2 Å².